The van der Waals surface area contributed by atoms with Crippen molar-refractivity contribution in [3.05, 3.63) is 70.8 Å². The molecule has 1 amide bonds. The number of rotatable bonds is 6. The van der Waals surface area contributed by atoms with E-state index < -0.39 is 0 Å². The third-order valence-corrected chi connectivity index (χ3v) is 6.44. The molecule has 158 valence electrons. The molecule has 0 spiro atoms. The van der Waals surface area contributed by atoms with Gasteiger partial charge in [-0.1, -0.05) is 54.1 Å². The molecular weight excluding hydrogens is 376 g/mol. The van der Waals surface area contributed by atoms with E-state index >= 15 is 0 Å². The number of carbonyl (C=O) groups is 2. The van der Waals surface area contributed by atoms with Gasteiger partial charge in [-0.05, 0) is 49.3 Å². The Morgan fingerprint density at radius 3 is 2.37 bits per heavy atom. The number of methoxy groups -OCH3 is 1. The highest BCUT2D eigenvalue weighted by Crippen LogP contribution is 2.31. The van der Waals surface area contributed by atoms with Gasteiger partial charge in [-0.15, -0.1) is 0 Å². The second-order valence-corrected chi connectivity index (χ2v) is 8.55. The van der Waals surface area contributed by atoms with Gasteiger partial charge >= 0.3 is 5.97 Å². The molecule has 30 heavy (non-hydrogen) atoms. The van der Waals surface area contributed by atoms with Crippen LogP contribution in [0.25, 0.3) is 0 Å². The highest BCUT2D eigenvalue weighted by Gasteiger charge is 2.43. The van der Waals surface area contributed by atoms with Crippen LogP contribution in [0.5, 0.6) is 0 Å². The molecule has 2 aromatic carbocycles. The minimum Gasteiger partial charge on any atom is -0.468 e. The number of likely N-dealkylation sites (tertiary alicyclic amines) is 1. The van der Waals surface area contributed by atoms with Gasteiger partial charge in [0.1, 0.15) is 6.04 Å². The molecule has 2 aromatic rings. The van der Waals surface area contributed by atoms with Crippen molar-refractivity contribution in [1.29, 1.82) is 0 Å². The largest absolute Gasteiger partial charge is 0.468 e. The molecule has 1 aliphatic carbocycles. The number of amides is 1. The van der Waals surface area contributed by atoms with Gasteiger partial charge in [-0.25, -0.2) is 0 Å². The average molecular weight is 407 g/mol. The Morgan fingerprint density at radius 1 is 1.07 bits per heavy atom. The van der Waals surface area contributed by atoms with Gasteiger partial charge in [-0.2, -0.15) is 0 Å². The Morgan fingerprint density at radius 2 is 1.73 bits per heavy atom. The van der Waals surface area contributed by atoms with E-state index in [0.717, 1.165) is 19.3 Å². The zero-order valence-corrected chi connectivity index (χ0v) is 17.8. The minimum absolute atomic E-state index is 0.0247. The maximum absolute atomic E-state index is 12.5. The second kappa shape index (κ2) is 9.00. The number of hydrogen-bond donors (Lipinski definition) is 1. The quantitative estimate of drug-likeness (QED) is 0.750. The van der Waals surface area contributed by atoms with Crippen molar-refractivity contribution in [3.8, 4) is 0 Å². The van der Waals surface area contributed by atoms with Gasteiger partial charge in [0, 0.05) is 25.0 Å². The maximum Gasteiger partial charge on any atom is 0.323 e. The monoisotopic (exact) mass is 406 g/mol. The first-order valence-electron chi connectivity index (χ1n) is 10.8. The van der Waals surface area contributed by atoms with Crippen LogP contribution in [0.15, 0.2) is 48.5 Å². The number of aryl methyl sites for hydroxylation is 2. The highest BCUT2D eigenvalue weighted by molar-refractivity contribution is 5.78. The molecule has 1 heterocycles. The number of nitrogens with zero attached hydrogens (tertiary/aromatic N) is 1. The van der Waals surface area contributed by atoms with Crippen LogP contribution in [0.3, 0.4) is 0 Å². The molecule has 1 saturated heterocycles. The van der Waals surface area contributed by atoms with E-state index in [4.69, 9.17) is 4.74 Å². The van der Waals surface area contributed by atoms with Crippen molar-refractivity contribution in [1.82, 2.24) is 10.2 Å². The summed E-state index contributed by atoms with van der Waals surface area (Å²) in [5.41, 5.74) is 5.10. The number of benzene rings is 2. The van der Waals surface area contributed by atoms with Crippen LogP contribution in [0.4, 0.5) is 0 Å². The van der Waals surface area contributed by atoms with Gasteiger partial charge < -0.3 is 10.1 Å². The lowest BCUT2D eigenvalue weighted by molar-refractivity contribution is -0.146. The second-order valence-electron chi connectivity index (χ2n) is 8.55. The number of carbonyl (C=O) groups excluding carboxylic acids is 2. The van der Waals surface area contributed by atoms with E-state index in [0.29, 0.717) is 19.4 Å². The number of nitrogens with one attached hydrogen (secondary N) is 1. The zero-order chi connectivity index (χ0) is 21.1. The lowest BCUT2D eigenvalue weighted by Gasteiger charge is -2.28. The molecule has 1 fully saturated rings. The minimum atomic E-state index is -0.295. The molecule has 1 N–H and O–H groups in total. The SMILES string of the molecule is COC(=O)[C@@H]1C[C@H](NC(=O)CCc2ccc(C)cc2)CN1C1Cc2ccccc2C1. The molecule has 2 aliphatic rings. The third kappa shape index (κ3) is 4.57. The van der Waals surface area contributed by atoms with Crippen LogP contribution in [-0.2, 0) is 33.6 Å². The van der Waals surface area contributed by atoms with Gasteiger partial charge in [-0.3, -0.25) is 14.5 Å². The molecule has 0 bridgehead atoms. The van der Waals surface area contributed by atoms with Crippen molar-refractivity contribution in [2.75, 3.05) is 13.7 Å². The van der Waals surface area contributed by atoms with E-state index in [-0.39, 0.29) is 30.0 Å². The van der Waals surface area contributed by atoms with Crippen LogP contribution in [0, 0.1) is 6.92 Å². The van der Waals surface area contributed by atoms with E-state index in [2.05, 4.69) is 65.7 Å². The summed E-state index contributed by atoms with van der Waals surface area (Å²) in [6, 6.07) is 16.7. The fourth-order valence-electron chi connectivity index (χ4n) is 4.82. The van der Waals surface area contributed by atoms with Crippen LogP contribution < -0.4 is 5.32 Å². The normalized spacial score (nSPS) is 21.4. The van der Waals surface area contributed by atoms with Crippen molar-refractivity contribution in [2.24, 2.45) is 0 Å². The van der Waals surface area contributed by atoms with Crippen molar-refractivity contribution in [2.45, 2.75) is 57.2 Å². The standard InChI is InChI=1S/C25H30N2O3/c1-17-7-9-18(10-8-17)11-12-24(28)26-21-15-23(25(29)30-2)27(16-21)22-13-19-5-3-4-6-20(19)14-22/h3-10,21-23H,11-16H2,1-2H3,(H,26,28)/t21-,23-/m0/s1. The molecule has 5 nitrogen and oxygen atoms in total. The Balaban J connectivity index is 1.36. The fraction of sp³-hybridized carbons (Fsp3) is 0.440. The average Bonchev–Trinajstić information content (AvgIpc) is 3.36. The summed E-state index contributed by atoms with van der Waals surface area (Å²) in [6.45, 7) is 2.75. The molecule has 1 aliphatic heterocycles. The van der Waals surface area contributed by atoms with E-state index in [1.54, 1.807) is 0 Å². The topological polar surface area (TPSA) is 58.6 Å². The summed E-state index contributed by atoms with van der Waals surface area (Å²) >= 11 is 0. The Hall–Kier alpha value is -2.66. The molecular formula is C25H30N2O3. The van der Waals surface area contributed by atoms with Crippen LogP contribution in [-0.4, -0.2) is 48.6 Å². The number of hydrogen-bond acceptors (Lipinski definition) is 4. The van der Waals surface area contributed by atoms with Crippen LogP contribution in [0.1, 0.15) is 35.1 Å². The van der Waals surface area contributed by atoms with E-state index in [9.17, 15) is 9.59 Å². The number of fused-ring (bicyclic) bond motifs is 1. The lowest BCUT2D eigenvalue weighted by Crippen LogP contribution is -2.45. The molecule has 2 atom stereocenters. The Kier molecular flexibility index (Phi) is 6.18. The Bertz CT molecular complexity index is 884. The first-order chi connectivity index (χ1) is 14.5. The van der Waals surface area contributed by atoms with Crippen molar-refractivity contribution < 1.29 is 14.3 Å². The molecule has 0 aromatic heterocycles. The predicted molar refractivity (Wildman–Crippen MR) is 116 cm³/mol. The van der Waals surface area contributed by atoms with E-state index in [1.165, 1.54) is 29.4 Å². The Labute approximate surface area is 178 Å². The number of esters is 1. The summed E-state index contributed by atoms with van der Waals surface area (Å²) in [6.07, 6.45) is 3.67. The molecule has 4 rings (SSSR count). The zero-order valence-electron chi connectivity index (χ0n) is 17.8. The summed E-state index contributed by atoms with van der Waals surface area (Å²) in [4.78, 5) is 27.2. The summed E-state index contributed by atoms with van der Waals surface area (Å²) in [5, 5.41) is 3.16. The molecule has 0 saturated carbocycles. The molecule has 0 radical (unpaired) electrons. The predicted octanol–water partition coefficient (Wildman–Crippen LogP) is 2.83. The fourth-order valence-corrected chi connectivity index (χ4v) is 4.82. The maximum atomic E-state index is 12.5. The molecule has 5 heteroatoms. The van der Waals surface area contributed by atoms with Crippen molar-refractivity contribution in [3.63, 3.8) is 0 Å². The van der Waals surface area contributed by atoms with Crippen molar-refractivity contribution >= 4 is 11.9 Å². The smallest absolute Gasteiger partial charge is 0.323 e. The number of ether oxygens (including phenoxy) is 1. The highest BCUT2D eigenvalue weighted by atomic mass is 16.5. The molecule has 0 unspecified atom stereocenters. The van der Waals surface area contributed by atoms with Crippen LogP contribution >= 0.6 is 0 Å². The summed E-state index contributed by atoms with van der Waals surface area (Å²) in [7, 11) is 1.44. The van der Waals surface area contributed by atoms with E-state index in [1.807, 2.05) is 0 Å². The van der Waals surface area contributed by atoms with Gasteiger partial charge in [0.25, 0.3) is 0 Å². The first-order valence-corrected chi connectivity index (χ1v) is 10.8. The van der Waals surface area contributed by atoms with Gasteiger partial charge in [0.15, 0.2) is 0 Å². The van der Waals surface area contributed by atoms with Crippen LogP contribution in [0.2, 0.25) is 0 Å². The third-order valence-electron chi connectivity index (χ3n) is 6.44. The van der Waals surface area contributed by atoms with Gasteiger partial charge in [0.2, 0.25) is 5.91 Å². The lowest BCUT2D eigenvalue weighted by atomic mass is 10.1. The summed E-state index contributed by atoms with van der Waals surface area (Å²) < 4.78 is 5.08. The summed E-state index contributed by atoms with van der Waals surface area (Å²) in [5.74, 6) is -0.164. The van der Waals surface area contributed by atoms with Gasteiger partial charge in [0.05, 0.1) is 7.11 Å². The first kappa shape index (κ1) is 20.6.